The zero-order valence-electron chi connectivity index (χ0n) is 28.3. The number of halogens is 2. The van der Waals surface area contributed by atoms with E-state index in [9.17, 15) is 14.4 Å². The maximum atomic E-state index is 13.8. The van der Waals surface area contributed by atoms with Gasteiger partial charge in [-0.1, -0.05) is 120 Å². The van der Waals surface area contributed by atoms with Crippen molar-refractivity contribution in [3.05, 3.63) is 183 Å². The molecule has 0 radical (unpaired) electrons. The third-order valence-corrected chi connectivity index (χ3v) is 11.2. The number of hydrogen-bond acceptors (Lipinski definition) is 6. The normalized spacial score (nSPS) is 11.9. The molecule has 0 aliphatic rings. The zero-order valence-corrected chi connectivity index (χ0v) is 31.5. The molecule has 0 saturated heterocycles. The van der Waals surface area contributed by atoms with Crippen LogP contribution in [0.3, 0.4) is 0 Å². The third-order valence-electron chi connectivity index (χ3n) is 8.30. The fourth-order valence-electron chi connectivity index (χ4n) is 5.57. The van der Waals surface area contributed by atoms with E-state index in [4.69, 9.17) is 28.2 Å². The number of nitrogens with one attached hydrogen (secondary N) is 3. The molecule has 7 aromatic rings. The Morgan fingerprint density at radius 3 is 2.19 bits per heavy atom. The summed E-state index contributed by atoms with van der Waals surface area (Å²) in [5.74, 6) is -1.25. The molecule has 7 rings (SSSR count). The van der Waals surface area contributed by atoms with Crippen LogP contribution < -0.4 is 16.0 Å². The number of amides is 3. The third kappa shape index (κ3) is 8.90. The maximum Gasteiger partial charge on any atom is 0.272 e. The number of benzene rings is 6. The van der Waals surface area contributed by atoms with Gasteiger partial charge in [-0.3, -0.25) is 14.4 Å². The topological polar surface area (TPSA) is 100 Å². The van der Waals surface area contributed by atoms with Crippen molar-refractivity contribution in [2.75, 3.05) is 10.6 Å². The van der Waals surface area contributed by atoms with Crippen LogP contribution in [0.4, 0.5) is 10.8 Å². The fraction of sp³-hybridized carbons (Fsp3) is 0.0233. The fourth-order valence-corrected chi connectivity index (χ4v) is 7.67. The van der Waals surface area contributed by atoms with E-state index in [1.54, 1.807) is 60.7 Å². The molecular formula is C43H30Cl2N4O3S2. The van der Waals surface area contributed by atoms with Crippen LogP contribution in [0.15, 0.2) is 162 Å². The molecule has 0 aliphatic carbocycles. The van der Waals surface area contributed by atoms with Gasteiger partial charge in [0.2, 0.25) is 5.91 Å². The van der Waals surface area contributed by atoms with Crippen LogP contribution in [0.25, 0.3) is 28.1 Å². The van der Waals surface area contributed by atoms with Crippen molar-refractivity contribution in [1.29, 1.82) is 0 Å². The molecule has 11 heteroatoms. The molecule has 6 aromatic carbocycles. The molecule has 1 atom stereocenters. The number of thioether (sulfide) groups is 1. The lowest BCUT2D eigenvalue weighted by Crippen LogP contribution is -2.30. The van der Waals surface area contributed by atoms with Gasteiger partial charge in [0, 0.05) is 27.1 Å². The van der Waals surface area contributed by atoms with E-state index in [0.717, 1.165) is 32.5 Å². The summed E-state index contributed by atoms with van der Waals surface area (Å²) >= 11 is 15.4. The summed E-state index contributed by atoms with van der Waals surface area (Å²) in [5.41, 5.74) is 3.88. The van der Waals surface area contributed by atoms with Crippen LogP contribution >= 0.6 is 46.3 Å². The highest BCUT2D eigenvalue weighted by Gasteiger charge is 2.24. The van der Waals surface area contributed by atoms with Crippen LogP contribution in [0.1, 0.15) is 26.7 Å². The molecule has 1 heterocycles. The van der Waals surface area contributed by atoms with Crippen molar-refractivity contribution in [3.8, 4) is 11.3 Å². The Morgan fingerprint density at radius 1 is 0.722 bits per heavy atom. The van der Waals surface area contributed by atoms with E-state index in [1.165, 1.54) is 29.2 Å². The van der Waals surface area contributed by atoms with Crippen LogP contribution in [-0.4, -0.2) is 22.7 Å². The van der Waals surface area contributed by atoms with Gasteiger partial charge in [-0.05, 0) is 76.5 Å². The van der Waals surface area contributed by atoms with Crippen molar-refractivity contribution in [3.63, 3.8) is 0 Å². The highest BCUT2D eigenvalue weighted by molar-refractivity contribution is 8.00. The van der Waals surface area contributed by atoms with Gasteiger partial charge in [0.05, 0.1) is 15.7 Å². The van der Waals surface area contributed by atoms with Gasteiger partial charge >= 0.3 is 0 Å². The number of fused-ring (bicyclic) bond motifs is 1. The first-order valence-corrected chi connectivity index (χ1v) is 19.2. The number of rotatable bonds is 11. The number of hydrogen-bond donors (Lipinski definition) is 3. The monoisotopic (exact) mass is 784 g/mol. The number of carbonyl (C=O) groups is 3. The van der Waals surface area contributed by atoms with Crippen LogP contribution in [0.2, 0.25) is 10.0 Å². The molecule has 0 saturated carbocycles. The van der Waals surface area contributed by atoms with Gasteiger partial charge in [-0.25, -0.2) is 4.98 Å². The molecule has 1 aromatic heterocycles. The molecule has 0 spiro atoms. The summed E-state index contributed by atoms with van der Waals surface area (Å²) in [4.78, 5) is 46.0. The summed E-state index contributed by atoms with van der Waals surface area (Å²) in [6.45, 7) is 0. The van der Waals surface area contributed by atoms with Crippen LogP contribution in [0.5, 0.6) is 0 Å². The Morgan fingerprint density at radius 2 is 1.43 bits per heavy atom. The minimum absolute atomic E-state index is 0.0294. The number of anilines is 2. The summed E-state index contributed by atoms with van der Waals surface area (Å²) in [6.07, 6.45) is 1.48. The van der Waals surface area contributed by atoms with E-state index in [2.05, 4.69) is 40.2 Å². The van der Waals surface area contributed by atoms with Crippen molar-refractivity contribution in [2.45, 2.75) is 10.1 Å². The second-order valence-corrected chi connectivity index (χ2v) is 14.8. The van der Waals surface area contributed by atoms with Crippen molar-refractivity contribution >= 4 is 91.7 Å². The van der Waals surface area contributed by atoms with Gasteiger partial charge in [-0.15, -0.1) is 23.1 Å². The smallest absolute Gasteiger partial charge is 0.272 e. The Hall–Kier alpha value is -5.71. The van der Waals surface area contributed by atoms with Crippen molar-refractivity contribution < 1.29 is 14.4 Å². The summed E-state index contributed by atoms with van der Waals surface area (Å²) in [6, 6.07) is 44.6. The predicted molar refractivity (Wildman–Crippen MR) is 222 cm³/mol. The average Bonchev–Trinajstić information content (AvgIpc) is 3.67. The van der Waals surface area contributed by atoms with E-state index in [1.807, 2.05) is 66.0 Å². The first-order chi connectivity index (χ1) is 26.3. The Kier molecular flexibility index (Phi) is 11.5. The maximum absolute atomic E-state index is 13.8. The number of nitrogens with zero attached hydrogens (tertiary/aromatic N) is 1. The largest absolute Gasteiger partial charge is 0.321 e. The molecule has 0 fully saturated rings. The second-order valence-electron chi connectivity index (χ2n) is 12.0. The van der Waals surface area contributed by atoms with E-state index >= 15 is 0 Å². The second kappa shape index (κ2) is 17.0. The van der Waals surface area contributed by atoms with Gasteiger partial charge in [0.25, 0.3) is 11.8 Å². The highest BCUT2D eigenvalue weighted by atomic mass is 35.5. The lowest BCUT2D eigenvalue weighted by atomic mass is 10.1. The molecular weight excluding hydrogens is 756 g/mol. The molecule has 54 heavy (non-hydrogen) atoms. The zero-order chi connectivity index (χ0) is 37.4. The predicted octanol–water partition coefficient (Wildman–Crippen LogP) is 11.2. The lowest BCUT2D eigenvalue weighted by molar-refractivity contribution is -0.116. The lowest BCUT2D eigenvalue weighted by Gasteiger charge is -2.17. The quantitative estimate of drug-likeness (QED) is 0.0896. The number of thiazole rings is 1. The molecule has 7 nitrogen and oxygen atoms in total. The Balaban J connectivity index is 1.07. The van der Waals surface area contributed by atoms with Crippen LogP contribution in [-0.2, 0) is 9.59 Å². The van der Waals surface area contributed by atoms with Gasteiger partial charge < -0.3 is 16.0 Å². The molecule has 0 aliphatic heterocycles. The van der Waals surface area contributed by atoms with E-state index in [-0.39, 0.29) is 16.6 Å². The van der Waals surface area contributed by atoms with Crippen molar-refractivity contribution in [1.82, 2.24) is 10.3 Å². The SMILES string of the molecule is O=C(Nc1ccc(SC(C(=O)Nc2nc(-c3ccc4ccccc4c3)cs2)c2ccccc2)cc1)/C(=C/c1cccc(Cl)c1Cl)NC(=O)c1ccccc1. The standard InChI is InChI=1S/C43H30Cl2N4O3S2/c44-35-17-9-16-32(38(35)45)25-36(47-40(50)29-13-5-2-6-14-29)41(51)46-33-20-22-34(23-21-33)54-39(28-11-3-1-4-12-28)42(52)49-43-48-37(26-53-43)31-19-18-27-10-7-8-15-30(27)24-31/h1-26,39H,(H,46,51)(H,47,50)(H,48,49,52)/b36-25-. The molecule has 266 valence electrons. The van der Waals surface area contributed by atoms with Gasteiger partial charge in [0.15, 0.2) is 5.13 Å². The summed E-state index contributed by atoms with van der Waals surface area (Å²) < 4.78 is 0. The van der Waals surface area contributed by atoms with E-state index in [0.29, 0.717) is 27.0 Å². The van der Waals surface area contributed by atoms with E-state index < -0.39 is 17.1 Å². The number of aromatic nitrogens is 1. The highest BCUT2D eigenvalue weighted by Crippen LogP contribution is 2.37. The first-order valence-electron chi connectivity index (χ1n) is 16.7. The first kappa shape index (κ1) is 36.6. The van der Waals surface area contributed by atoms with Crippen LogP contribution in [0, 0.1) is 0 Å². The van der Waals surface area contributed by atoms with Gasteiger partial charge in [-0.2, -0.15) is 0 Å². The molecule has 3 N–H and O–H groups in total. The summed E-state index contributed by atoms with van der Waals surface area (Å²) in [7, 11) is 0. The Bertz CT molecular complexity index is 2490. The summed E-state index contributed by atoms with van der Waals surface area (Å²) in [5, 5.41) is 13.3. The minimum Gasteiger partial charge on any atom is -0.321 e. The average molecular weight is 786 g/mol. The molecule has 0 bridgehead atoms. The van der Waals surface area contributed by atoms with Crippen molar-refractivity contribution in [2.24, 2.45) is 0 Å². The Labute approximate surface area is 330 Å². The van der Waals surface area contributed by atoms with Gasteiger partial charge in [0.1, 0.15) is 10.9 Å². The molecule has 1 unspecified atom stereocenters. The molecule has 3 amide bonds. The number of carbonyl (C=O) groups excluding carboxylic acids is 3. The minimum atomic E-state index is -0.593.